The third-order valence-corrected chi connectivity index (χ3v) is 5.06. The van der Waals surface area contributed by atoms with Gasteiger partial charge in [0.25, 0.3) is 0 Å². The van der Waals surface area contributed by atoms with Crippen LogP contribution in [0.4, 0.5) is 0 Å². The molecule has 0 unspecified atom stereocenters. The van der Waals surface area contributed by atoms with Crippen molar-refractivity contribution in [1.29, 1.82) is 0 Å². The van der Waals surface area contributed by atoms with E-state index in [-0.39, 0.29) is 0 Å². The Balaban J connectivity index is 1.46. The van der Waals surface area contributed by atoms with E-state index in [2.05, 4.69) is 20.4 Å². The maximum atomic E-state index is 10.6. The summed E-state index contributed by atoms with van der Waals surface area (Å²) in [5.41, 5.74) is 1.95. The SMILES string of the molecule is O[C@H](C[C@H]1CCCN1Cc1nnnn1-c1ccccc1)c1ccccc1. The minimum atomic E-state index is -0.438. The summed E-state index contributed by atoms with van der Waals surface area (Å²) >= 11 is 0. The van der Waals surface area contributed by atoms with Crippen molar-refractivity contribution in [3.05, 3.63) is 72.1 Å². The normalized spacial score (nSPS) is 18.9. The fraction of sp³-hybridized carbons (Fsp3) is 0.350. The Hall–Kier alpha value is -2.57. The summed E-state index contributed by atoms with van der Waals surface area (Å²) < 4.78 is 1.79. The number of aromatic nitrogens is 4. The van der Waals surface area contributed by atoms with Gasteiger partial charge in [0, 0.05) is 6.04 Å². The van der Waals surface area contributed by atoms with Gasteiger partial charge >= 0.3 is 0 Å². The van der Waals surface area contributed by atoms with E-state index >= 15 is 0 Å². The molecular formula is C20H23N5O. The van der Waals surface area contributed by atoms with Gasteiger partial charge in [-0.3, -0.25) is 4.90 Å². The zero-order valence-corrected chi connectivity index (χ0v) is 14.6. The van der Waals surface area contributed by atoms with Crippen molar-refractivity contribution in [3.63, 3.8) is 0 Å². The predicted molar refractivity (Wildman–Crippen MR) is 98.6 cm³/mol. The number of benzene rings is 2. The number of tetrazole rings is 1. The Morgan fingerprint density at radius 3 is 2.54 bits per heavy atom. The highest BCUT2D eigenvalue weighted by Gasteiger charge is 2.28. The Morgan fingerprint density at radius 1 is 1.04 bits per heavy atom. The predicted octanol–water partition coefficient (Wildman–Crippen LogP) is 2.75. The highest BCUT2D eigenvalue weighted by molar-refractivity contribution is 5.30. The summed E-state index contributed by atoms with van der Waals surface area (Å²) in [4.78, 5) is 2.39. The molecule has 1 aromatic heterocycles. The lowest BCUT2D eigenvalue weighted by atomic mass is 10.0. The maximum absolute atomic E-state index is 10.6. The fourth-order valence-electron chi connectivity index (χ4n) is 3.69. The first-order valence-corrected chi connectivity index (χ1v) is 9.11. The molecule has 0 spiro atoms. The maximum Gasteiger partial charge on any atom is 0.170 e. The van der Waals surface area contributed by atoms with Crippen molar-refractivity contribution in [2.75, 3.05) is 6.54 Å². The number of para-hydroxylation sites is 1. The molecule has 1 N–H and O–H groups in total. The van der Waals surface area contributed by atoms with Crippen LogP contribution < -0.4 is 0 Å². The lowest BCUT2D eigenvalue weighted by Crippen LogP contribution is -2.31. The summed E-state index contributed by atoms with van der Waals surface area (Å²) in [5, 5.41) is 22.8. The van der Waals surface area contributed by atoms with Crippen molar-refractivity contribution in [2.24, 2.45) is 0 Å². The quantitative estimate of drug-likeness (QED) is 0.741. The summed E-state index contributed by atoms with van der Waals surface area (Å²) in [6.07, 6.45) is 2.53. The summed E-state index contributed by atoms with van der Waals surface area (Å²) in [5.74, 6) is 0.831. The van der Waals surface area contributed by atoms with Crippen molar-refractivity contribution in [2.45, 2.75) is 38.0 Å². The number of hydrogen-bond acceptors (Lipinski definition) is 5. The van der Waals surface area contributed by atoms with Gasteiger partial charge in [-0.1, -0.05) is 48.5 Å². The molecule has 0 bridgehead atoms. The highest BCUT2D eigenvalue weighted by atomic mass is 16.3. The van der Waals surface area contributed by atoms with Gasteiger partial charge in [-0.25, -0.2) is 0 Å². The van der Waals surface area contributed by atoms with Gasteiger partial charge < -0.3 is 5.11 Å². The molecule has 26 heavy (non-hydrogen) atoms. The average molecular weight is 349 g/mol. The van der Waals surface area contributed by atoms with Gasteiger partial charge in [-0.05, 0) is 53.9 Å². The van der Waals surface area contributed by atoms with Crippen LogP contribution in [0, 0.1) is 0 Å². The minimum absolute atomic E-state index is 0.339. The smallest absolute Gasteiger partial charge is 0.170 e. The van der Waals surface area contributed by atoms with Crippen LogP contribution in [0.2, 0.25) is 0 Å². The number of rotatable bonds is 6. The van der Waals surface area contributed by atoms with Crippen molar-refractivity contribution in [3.8, 4) is 5.69 Å². The molecule has 1 aliphatic rings. The molecular weight excluding hydrogens is 326 g/mol. The molecule has 134 valence electrons. The topological polar surface area (TPSA) is 67.1 Å². The van der Waals surface area contributed by atoms with E-state index in [0.29, 0.717) is 12.6 Å². The van der Waals surface area contributed by atoms with Gasteiger partial charge in [-0.2, -0.15) is 4.68 Å². The molecule has 0 saturated carbocycles. The van der Waals surface area contributed by atoms with Crippen molar-refractivity contribution >= 4 is 0 Å². The molecule has 0 radical (unpaired) electrons. The van der Waals surface area contributed by atoms with Gasteiger partial charge in [0.05, 0.1) is 18.3 Å². The molecule has 2 aromatic carbocycles. The number of aliphatic hydroxyl groups excluding tert-OH is 1. The largest absolute Gasteiger partial charge is 0.388 e. The summed E-state index contributed by atoms with van der Waals surface area (Å²) in [6.45, 7) is 1.70. The first kappa shape index (κ1) is 16.9. The molecule has 1 aliphatic heterocycles. The molecule has 0 aliphatic carbocycles. The Labute approximate surface area is 153 Å². The van der Waals surface area contributed by atoms with Crippen LogP contribution in [0.25, 0.3) is 5.69 Å². The fourth-order valence-corrected chi connectivity index (χ4v) is 3.69. The molecule has 2 heterocycles. The van der Waals surface area contributed by atoms with E-state index in [4.69, 9.17) is 0 Å². The van der Waals surface area contributed by atoms with Crippen LogP contribution in [-0.4, -0.2) is 42.8 Å². The van der Waals surface area contributed by atoms with Crippen LogP contribution in [0.5, 0.6) is 0 Å². The Kier molecular flexibility index (Phi) is 5.04. The standard InChI is InChI=1S/C20H23N5O/c26-19(16-8-3-1-4-9-16)14-18-12-7-13-24(18)15-20-21-22-23-25(20)17-10-5-2-6-11-17/h1-6,8-11,18-19,26H,7,12-15H2/t18-,19-/m1/s1. The third kappa shape index (κ3) is 3.66. The molecule has 6 heteroatoms. The number of aliphatic hydroxyl groups is 1. The number of likely N-dealkylation sites (tertiary alicyclic amines) is 1. The van der Waals surface area contributed by atoms with Crippen molar-refractivity contribution in [1.82, 2.24) is 25.1 Å². The van der Waals surface area contributed by atoms with Crippen LogP contribution in [0.15, 0.2) is 60.7 Å². The van der Waals surface area contributed by atoms with Gasteiger partial charge in [0.2, 0.25) is 0 Å². The van der Waals surface area contributed by atoms with Crippen LogP contribution in [0.1, 0.15) is 36.8 Å². The second-order valence-electron chi connectivity index (χ2n) is 6.77. The van der Waals surface area contributed by atoms with E-state index in [1.165, 1.54) is 0 Å². The van der Waals surface area contributed by atoms with E-state index in [9.17, 15) is 5.11 Å². The molecule has 6 nitrogen and oxygen atoms in total. The minimum Gasteiger partial charge on any atom is -0.388 e. The Bertz CT molecular complexity index is 820. The summed E-state index contributed by atoms with van der Waals surface area (Å²) in [6, 6.07) is 20.2. The lowest BCUT2D eigenvalue weighted by molar-refractivity contribution is 0.116. The monoisotopic (exact) mass is 349 g/mol. The van der Waals surface area contributed by atoms with E-state index in [1.54, 1.807) is 4.68 Å². The molecule has 1 fully saturated rings. The number of nitrogens with zero attached hydrogens (tertiary/aromatic N) is 5. The zero-order chi connectivity index (χ0) is 17.8. The van der Waals surface area contributed by atoms with Gasteiger partial charge in [0.15, 0.2) is 5.82 Å². The molecule has 3 aromatic rings. The molecule has 4 rings (SSSR count). The zero-order valence-electron chi connectivity index (χ0n) is 14.6. The van der Waals surface area contributed by atoms with E-state index in [1.807, 2.05) is 60.7 Å². The average Bonchev–Trinajstić information content (AvgIpc) is 3.33. The second-order valence-corrected chi connectivity index (χ2v) is 6.77. The van der Waals surface area contributed by atoms with E-state index < -0.39 is 6.10 Å². The van der Waals surface area contributed by atoms with Crippen LogP contribution in [0.3, 0.4) is 0 Å². The van der Waals surface area contributed by atoms with E-state index in [0.717, 1.165) is 42.9 Å². The van der Waals surface area contributed by atoms with Crippen molar-refractivity contribution < 1.29 is 5.11 Å². The first-order chi connectivity index (χ1) is 12.8. The highest BCUT2D eigenvalue weighted by Crippen LogP contribution is 2.28. The summed E-state index contributed by atoms with van der Waals surface area (Å²) in [7, 11) is 0. The van der Waals surface area contributed by atoms with Crippen LogP contribution >= 0.6 is 0 Å². The number of hydrogen-bond donors (Lipinski definition) is 1. The molecule has 1 saturated heterocycles. The second kappa shape index (κ2) is 7.76. The van der Waals surface area contributed by atoms with Gasteiger partial charge in [0.1, 0.15) is 0 Å². The Morgan fingerprint density at radius 2 is 1.77 bits per heavy atom. The first-order valence-electron chi connectivity index (χ1n) is 9.11. The molecule has 0 amide bonds. The van der Waals surface area contributed by atoms with Crippen LogP contribution in [-0.2, 0) is 6.54 Å². The molecule has 2 atom stereocenters. The lowest BCUT2D eigenvalue weighted by Gasteiger charge is -2.26. The van der Waals surface area contributed by atoms with Gasteiger partial charge in [-0.15, -0.1) is 5.10 Å². The third-order valence-electron chi connectivity index (χ3n) is 5.06.